The zero-order valence-corrected chi connectivity index (χ0v) is 6.49. The van der Waals surface area contributed by atoms with E-state index in [9.17, 15) is 0 Å². The van der Waals surface area contributed by atoms with Gasteiger partial charge < -0.3 is 10.2 Å². The average Bonchev–Trinajstić information content (AvgIpc) is 2.32. The highest BCUT2D eigenvalue weighted by Crippen LogP contribution is 2.35. The Balaban J connectivity index is 2.04. The highest BCUT2D eigenvalue weighted by atomic mass is 16.3. The molecular weight excluding hydrogens is 138 g/mol. The van der Waals surface area contributed by atoms with Crippen LogP contribution < -0.4 is 5.73 Å². The van der Waals surface area contributed by atoms with Gasteiger partial charge in [0.2, 0.25) is 0 Å². The van der Waals surface area contributed by atoms with Crippen LogP contribution in [0, 0.1) is 5.92 Å². The molecule has 0 saturated heterocycles. The Labute approximate surface area is 66.4 Å². The maximum absolute atomic E-state index is 5.98. The lowest BCUT2D eigenvalue weighted by molar-refractivity contribution is 0.263. The van der Waals surface area contributed by atoms with Gasteiger partial charge >= 0.3 is 0 Å². The summed E-state index contributed by atoms with van der Waals surface area (Å²) in [4.78, 5) is 0. The number of hydrogen-bond acceptors (Lipinski definition) is 2. The Morgan fingerprint density at radius 3 is 2.82 bits per heavy atom. The molecule has 1 aliphatic carbocycles. The van der Waals surface area contributed by atoms with E-state index in [1.807, 2.05) is 6.07 Å². The van der Waals surface area contributed by atoms with E-state index in [0.29, 0.717) is 5.92 Å². The van der Waals surface area contributed by atoms with E-state index in [2.05, 4.69) is 0 Å². The van der Waals surface area contributed by atoms with Gasteiger partial charge in [-0.25, -0.2) is 0 Å². The summed E-state index contributed by atoms with van der Waals surface area (Å²) in [6.07, 6.45) is 7.35. The van der Waals surface area contributed by atoms with Crippen molar-refractivity contribution < 1.29 is 4.42 Å². The first-order valence-electron chi connectivity index (χ1n) is 4.15. The summed E-state index contributed by atoms with van der Waals surface area (Å²) in [5, 5.41) is 0. The molecule has 1 saturated carbocycles. The first kappa shape index (κ1) is 6.92. The number of rotatable bonds is 2. The number of nitrogens with two attached hydrogens (primary N) is 1. The monoisotopic (exact) mass is 151 g/mol. The maximum atomic E-state index is 5.98. The molecule has 0 spiro atoms. The second-order valence-corrected chi connectivity index (χ2v) is 3.27. The predicted octanol–water partition coefficient (Wildman–Crippen LogP) is 2.08. The van der Waals surface area contributed by atoms with Crippen molar-refractivity contribution in [1.82, 2.24) is 0 Å². The molecule has 0 aromatic carbocycles. The standard InChI is InChI=1S/C9H13NO/c10-9(7-2-1-3-7)8-4-5-11-6-8/h4-7,9H,1-3,10H2/t9-/m0/s1. The lowest BCUT2D eigenvalue weighted by atomic mass is 9.78. The largest absolute Gasteiger partial charge is 0.472 e. The van der Waals surface area contributed by atoms with Crippen LogP contribution in [0.4, 0.5) is 0 Å². The summed E-state index contributed by atoms with van der Waals surface area (Å²) < 4.78 is 4.97. The highest BCUT2D eigenvalue weighted by Gasteiger charge is 2.25. The third kappa shape index (κ3) is 1.18. The van der Waals surface area contributed by atoms with Crippen LogP contribution in [0.1, 0.15) is 30.9 Å². The van der Waals surface area contributed by atoms with E-state index < -0.39 is 0 Å². The SMILES string of the molecule is N[C@H](c1ccoc1)C1CCC1. The predicted molar refractivity (Wildman–Crippen MR) is 43.0 cm³/mol. The Bertz CT molecular complexity index is 213. The van der Waals surface area contributed by atoms with Crippen molar-refractivity contribution in [2.45, 2.75) is 25.3 Å². The summed E-state index contributed by atoms with van der Waals surface area (Å²) in [5.41, 5.74) is 7.13. The fraction of sp³-hybridized carbons (Fsp3) is 0.556. The van der Waals surface area contributed by atoms with Crippen LogP contribution in [0.15, 0.2) is 23.0 Å². The van der Waals surface area contributed by atoms with Crippen LogP contribution in [0.3, 0.4) is 0 Å². The van der Waals surface area contributed by atoms with Crippen molar-refractivity contribution >= 4 is 0 Å². The van der Waals surface area contributed by atoms with Crippen LogP contribution in [-0.4, -0.2) is 0 Å². The van der Waals surface area contributed by atoms with Crippen molar-refractivity contribution in [1.29, 1.82) is 0 Å². The van der Waals surface area contributed by atoms with Gasteiger partial charge in [0.05, 0.1) is 12.5 Å². The van der Waals surface area contributed by atoms with E-state index in [4.69, 9.17) is 10.2 Å². The molecular formula is C9H13NO. The van der Waals surface area contributed by atoms with Crippen molar-refractivity contribution in [3.8, 4) is 0 Å². The molecule has 1 fully saturated rings. The fourth-order valence-electron chi connectivity index (χ4n) is 1.54. The van der Waals surface area contributed by atoms with Crippen LogP contribution >= 0.6 is 0 Å². The Morgan fingerprint density at radius 2 is 2.36 bits per heavy atom. The molecule has 2 nitrogen and oxygen atoms in total. The fourth-order valence-corrected chi connectivity index (χ4v) is 1.54. The molecule has 0 amide bonds. The van der Waals surface area contributed by atoms with Gasteiger partial charge in [0.15, 0.2) is 0 Å². The summed E-state index contributed by atoms with van der Waals surface area (Å²) >= 11 is 0. The molecule has 1 atom stereocenters. The molecule has 0 aliphatic heterocycles. The van der Waals surface area contributed by atoms with Gasteiger partial charge in [0.25, 0.3) is 0 Å². The Hall–Kier alpha value is -0.760. The van der Waals surface area contributed by atoms with Gasteiger partial charge in [-0.2, -0.15) is 0 Å². The highest BCUT2D eigenvalue weighted by molar-refractivity contribution is 5.12. The van der Waals surface area contributed by atoms with E-state index >= 15 is 0 Å². The molecule has 2 N–H and O–H groups in total. The van der Waals surface area contributed by atoms with Crippen molar-refractivity contribution in [2.75, 3.05) is 0 Å². The lowest BCUT2D eigenvalue weighted by Gasteiger charge is -2.30. The molecule has 1 aliphatic rings. The first-order chi connectivity index (χ1) is 5.38. The van der Waals surface area contributed by atoms with Crippen LogP contribution in [0.5, 0.6) is 0 Å². The number of hydrogen-bond donors (Lipinski definition) is 1. The second-order valence-electron chi connectivity index (χ2n) is 3.27. The van der Waals surface area contributed by atoms with Gasteiger partial charge in [-0.15, -0.1) is 0 Å². The maximum Gasteiger partial charge on any atom is 0.0950 e. The van der Waals surface area contributed by atoms with Gasteiger partial charge in [-0.1, -0.05) is 6.42 Å². The van der Waals surface area contributed by atoms with Gasteiger partial charge in [0.1, 0.15) is 0 Å². The number of furan rings is 1. The zero-order chi connectivity index (χ0) is 7.68. The summed E-state index contributed by atoms with van der Waals surface area (Å²) in [5.74, 6) is 0.701. The third-order valence-corrected chi connectivity index (χ3v) is 2.59. The molecule has 2 rings (SSSR count). The zero-order valence-electron chi connectivity index (χ0n) is 6.49. The van der Waals surface area contributed by atoms with E-state index in [-0.39, 0.29) is 6.04 Å². The minimum atomic E-state index is 0.211. The van der Waals surface area contributed by atoms with Gasteiger partial charge in [-0.3, -0.25) is 0 Å². The molecule has 0 bridgehead atoms. The van der Waals surface area contributed by atoms with Crippen LogP contribution in [-0.2, 0) is 0 Å². The third-order valence-electron chi connectivity index (χ3n) is 2.59. The Kier molecular flexibility index (Phi) is 1.70. The topological polar surface area (TPSA) is 39.2 Å². The first-order valence-corrected chi connectivity index (χ1v) is 4.15. The van der Waals surface area contributed by atoms with Crippen LogP contribution in [0.2, 0.25) is 0 Å². The summed E-state index contributed by atoms with van der Waals surface area (Å²) in [6.45, 7) is 0. The minimum Gasteiger partial charge on any atom is -0.472 e. The van der Waals surface area contributed by atoms with E-state index in [1.165, 1.54) is 19.3 Å². The van der Waals surface area contributed by atoms with E-state index in [1.54, 1.807) is 12.5 Å². The van der Waals surface area contributed by atoms with E-state index in [0.717, 1.165) is 5.56 Å². The molecule has 2 heteroatoms. The molecule has 0 unspecified atom stereocenters. The second kappa shape index (κ2) is 2.70. The molecule has 1 heterocycles. The molecule has 60 valence electrons. The summed E-state index contributed by atoms with van der Waals surface area (Å²) in [6, 6.07) is 2.17. The summed E-state index contributed by atoms with van der Waals surface area (Å²) in [7, 11) is 0. The molecule has 1 aromatic rings. The molecule has 11 heavy (non-hydrogen) atoms. The smallest absolute Gasteiger partial charge is 0.0950 e. The Morgan fingerprint density at radius 1 is 1.55 bits per heavy atom. The quantitative estimate of drug-likeness (QED) is 0.702. The lowest BCUT2D eigenvalue weighted by Crippen LogP contribution is -2.26. The van der Waals surface area contributed by atoms with Crippen LogP contribution in [0.25, 0.3) is 0 Å². The van der Waals surface area contributed by atoms with Crippen molar-refractivity contribution in [3.63, 3.8) is 0 Å². The van der Waals surface area contributed by atoms with Crippen molar-refractivity contribution in [2.24, 2.45) is 11.7 Å². The van der Waals surface area contributed by atoms with Gasteiger partial charge in [-0.05, 0) is 24.8 Å². The molecule has 0 radical (unpaired) electrons. The average molecular weight is 151 g/mol. The minimum absolute atomic E-state index is 0.211. The van der Waals surface area contributed by atoms with Gasteiger partial charge in [0, 0.05) is 11.6 Å². The normalized spacial score (nSPS) is 21.2. The molecule has 1 aromatic heterocycles. The van der Waals surface area contributed by atoms with Crippen molar-refractivity contribution in [3.05, 3.63) is 24.2 Å².